The van der Waals surface area contributed by atoms with E-state index < -0.39 is 21.8 Å². The lowest BCUT2D eigenvalue weighted by Gasteiger charge is -2.26. The van der Waals surface area contributed by atoms with Gasteiger partial charge in [0, 0.05) is 24.6 Å². The van der Waals surface area contributed by atoms with E-state index in [1.54, 1.807) is 24.4 Å². The highest BCUT2D eigenvalue weighted by atomic mass is 32.2. The molecule has 142 valence electrons. The van der Waals surface area contributed by atoms with Gasteiger partial charge in [0.25, 0.3) is 5.91 Å². The average molecular weight is 387 g/mol. The van der Waals surface area contributed by atoms with Gasteiger partial charge in [-0.2, -0.15) is 0 Å². The third-order valence-electron chi connectivity index (χ3n) is 4.54. The van der Waals surface area contributed by atoms with Crippen LogP contribution in [0, 0.1) is 6.92 Å². The largest absolute Gasteiger partial charge is 0.322 e. The highest BCUT2D eigenvalue weighted by Gasteiger charge is 2.36. The van der Waals surface area contributed by atoms with Crippen LogP contribution in [0.15, 0.2) is 42.6 Å². The van der Waals surface area contributed by atoms with Crippen LogP contribution < -0.4 is 5.32 Å². The molecule has 3 rings (SSSR count). The van der Waals surface area contributed by atoms with Gasteiger partial charge in [0.1, 0.15) is 21.7 Å². The maximum atomic E-state index is 12.9. The molecule has 2 aromatic rings. The van der Waals surface area contributed by atoms with Crippen molar-refractivity contribution >= 4 is 27.5 Å². The summed E-state index contributed by atoms with van der Waals surface area (Å²) in [6.07, 6.45) is 2.70. The zero-order valence-corrected chi connectivity index (χ0v) is 16.0. The van der Waals surface area contributed by atoms with Crippen molar-refractivity contribution < 1.29 is 18.0 Å². The van der Waals surface area contributed by atoms with Crippen LogP contribution in [-0.2, 0) is 21.2 Å². The number of rotatable bonds is 6. The predicted octanol–water partition coefficient (Wildman–Crippen LogP) is 1.79. The number of sulfone groups is 1. The Hall–Kier alpha value is -2.74. The average Bonchev–Trinajstić information content (AvgIpc) is 2.93. The van der Waals surface area contributed by atoms with Gasteiger partial charge in [-0.1, -0.05) is 24.3 Å². The summed E-state index contributed by atoms with van der Waals surface area (Å²) in [7, 11) is -3.28. The molecule has 1 aliphatic rings. The summed E-state index contributed by atoms with van der Waals surface area (Å²) >= 11 is 0. The van der Waals surface area contributed by atoms with E-state index in [9.17, 15) is 18.0 Å². The Kier molecular flexibility index (Phi) is 5.27. The second-order valence-electron chi connectivity index (χ2n) is 6.68. The van der Waals surface area contributed by atoms with Crippen molar-refractivity contribution in [1.82, 2.24) is 9.88 Å². The van der Waals surface area contributed by atoms with E-state index in [-0.39, 0.29) is 24.6 Å². The Labute approximate surface area is 158 Å². The highest BCUT2D eigenvalue weighted by molar-refractivity contribution is 7.90. The Morgan fingerprint density at radius 2 is 2.00 bits per heavy atom. The fourth-order valence-electron chi connectivity index (χ4n) is 3.10. The quantitative estimate of drug-likeness (QED) is 0.815. The highest BCUT2D eigenvalue weighted by Crippen LogP contribution is 2.26. The zero-order valence-electron chi connectivity index (χ0n) is 15.2. The summed E-state index contributed by atoms with van der Waals surface area (Å²) in [4.78, 5) is 31.3. The lowest BCUT2D eigenvalue weighted by molar-refractivity contribution is -0.120. The number of hydrogen-bond donors (Lipinski definition) is 1. The molecule has 27 heavy (non-hydrogen) atoms. The summed E-state index contributed by atoms with van der Waals surface area (Å²) in [5.41, 5.74) is 2.15. The smallest absolute Gasteiger partial charge is 0.255 e. The summed E-state index contributed by atoms with van der Waals surface area (Å²) in [6.45, 7) is 2.09. The fourth-order valence-corrected chi connectivity index (χ4v) is 3.75. The number of carbonyl (C=O) groups is 2. The van der Waals surface area contributed by atoms with E-state index in [0.717, 1.165) is 17.4 Å². The van der Waals surface area contributed by atoms with Crippen LogP contribution >= 0.6 is 0 Å². The molecule has 1 atom stereocenters. The van der Waals surface area contributed by atoms with Gasteiger partial charge < -0.3 is 10.2 Å². The minimum atomic E-state index is -3.28. The number of anilines is 1. The van der Waals surface area contributed by atoms with Crippen LogP contribution in [0.5, 0.6) is 0 Å². The van der Waals surface area contributed by atoms with Crippen LogP contribution in [0.4, 0.5) is 5.82 Å². The number of fused-ring (bicyclic) bond motifs is 1. The summed E-state index contributed by atoms with van der Waals surface area (Å²) < 4.78 is 23.3. The fraction of sp³-hybridized carbons (Fsp3) is 0.316. The third-order valence-corrected chi connectivity index (χ3v) is 5.52. The molecule has 8 heteroatoms. The van der Waals surface area contributed by atoms with Crippen LogP contribution in [0.2, 0.25) is 0 Å². The van der Waals surface area contributed by atoms with Gasteiger partial charge in [0.2, 0.25) is 5.91 Å². The number of aromatic nitrogens is 1. The number of hydrogen-bond acceptors (Lipinski definition) is 5. The maximum absolute atomic E-state index is 12.9. The molecule has 0 fully saturated rings. The Morgan fingerprint density at radius 1 is 1.26 bits per heavy atom. The van der Waals surface area contributed by atoms with Crippen LogP contribution in [0.25, 0.3) is 0 Å². The van der Waals surface area contributed by atoms with Crippen LogP contribution in [0.3, 0.4) is 0 Å². The third kappa shape index (κ3) is 4.33. The Morgan fingerprint density at radius 3 is 2.67 bits per heavy atom. The van der Waals surface area contributed by atoms with Crippen molar-refractivity contribution in [3.8, 4) is 0 Å². The van der Waals surface area contributed by atoms with Gasteiger partial charge in [-0.25, -0.2) is 13.4 Å². The molecule has 0 unspecified atom stereocenters. The standard InChI is InChI=1S/C19H21N3O4S/c1-13-6-5-10-20-17(13)21-18(23)16(9-11-27(2,25)26)22-12-14-7-3-4-8-15(14)19(22)24/h3-8,10,16H,9,11-12H2,1-2H3,(H,20,21,23)/t16-/m0/s1. The molecule has 0 spiro atoms. The molecule has 2 heterocycles. The SMILES string of the molecule is Cc1cccnc1NC(=O)[C@H](CCS(C)(=O)=O)N1Cc2ccccc2C1=O. The lowest BCUT2D eigenvalue weighted by Crippen LogP contribution is -2.45. The molecule has 0 radical (unpaired) electrons. The van der Waals surface area contributed by atoms with Gasteiger partial charge in [0.15, 0.2) is 0 Å². The van der Waals surface area contributed by atoms with Gasteiger partial charge in [-0.3, -0.25) is 9.59 Å². The molecule has 1 aromatic carbocycles. The number of aryl methyl sites for hydroxylation is 1. The summed E-state index contributed by atoms with van der Waals surface area (Å²) in [5.74, 6) is -0.499. The minimum absolute atomic E-state index is 0.0241. The zero-order chi connectivity index (χ0) is 19.6. The topological polar surface area (TPSA) is 96.4 Å². The number of amides is 2. The number of nitrogens with zero attached hydrogens (tertiary/aromatic N) is 2. The molecule has 0 aliphatic carbocycles. The molecular weight excluding hydrogens is 366 g/mol. The summed E-state index contributed by atoms with van der Waals surface area (Å²) in [5, 5.41) is 2.73. The van der Waals surface area contributed by atoms with Crippen molar-refractivity contribution in [2.75, 3.05) is 17.3 Å². The van der Waals surface area contributed by atoms with E-state index in [1.165, 1.54) is 4.90 Å². The van der Waals surface area contributed by atoms with Crippen molar-refractivity contribution in [2.24, 2.45) is 0 Å². The van der Waals surface area contributed by atoms with E-state index in [0.29, 0.717) is 11.4 Å². The van der Waals surface area contributed by atoms with Gasteiger partial charge in [-0.15, -0.1) is 0 Å². The first-order valence-corrected chi connectivity index (χ1v) is 10.6. The molecule has 2 amide bonds. The first-order valence-electron chi connectivity index (χ1n) is 8.55. The number of nitrogens with one attached hydrogen (secondary N) is 1. The second-order valence-corrected chi connectivity index (χ2v) is 8.94. The van der Waals surface area contributed by atoms with Gasteiger partial charge >= 0.3 is 0 Å². The Balaban J connectivity index is 1.86. The van der Waals surface area contributed by atoms with Crippen LogP contribution in [-0.4, -0.2) is 48.2 Å². The van der Waals surface area contributed by atoms with E-state index >= 15 is 0 Å². The van der Waals surface area contributed by atoms with Crippen LogP contribution in [0.1, 0.15) is 27.9 Å². The van der Waals surface area contributed by atoms with Crippen molar-refractivity contribution in [3.05, 3.63) is 59.3 Å². The number of carbonyl (C=O) groups excluding carboxylic acids is 2. The monoisotopic (exact) mass is 387 g/mol. The Bertz CT molecular complexity index is 988. The first-order chi connectivity index (χ1) is 12.8. The van der Waals surface area contributed by atoms with Crippen molar-refractivity contribution in [3.63, 3.8) is 0 Å². The molecule has 0 saturated carbocycles. The predicted molar refractivity (Wildman–Crippen MR) is 102 cm³/mol. The van der Waals surface area contributed by atoms with E-state index in [4.69, 9.17) is 0 Å². The molecule has 7 nitrogen and oxygen atoms in total. The lowest BCUT2D eigenvalue weighted by atomic mass is 10.1. The number of pyridine rings is 1. The molecule has 0 bridgehead atoms. The molecular formula is C19H21N3O4S. The number of benzene rings is 1. The summed E-state index contributed by atoms with van der Waals surface area (Å²) in [6, 6.07) is 9.81. The van der Waals surface area contributed by atoms with Gasteiger partial charge in [0.05, 0.1) is 5.75 Å². The minimum Gasteiger partial charge on any atom is -0.322 e. The maximum Gasteiger partial charge on any atom is 0.255 e. The second kappa shape index (κ2) is 7.48. The molecule has 1 aliphatic heterocycles. The van der Waals surface area contributed by atoms with Gasteiger partial charge in [-0.05, 0) is 36.6 Å². The molecule has 0 saturated heterocycles. The van der Waals surface area contributed by atoms with Crippen molar-refractivity contribution in [1.29, 1.82) is 0 Å². The van der Waals surface area contributed by atoms with Crippen molar-refractivity contribution in [2.45, 2.75) is 25.9 Å². The molecule has 1 aromatic heterocycles. The van der Waals surface area contributed by atoms with E-state index in [2.05, 4.69) is 10.3 Å². The molecule has 1 N–H and O–H groups in total. The first kappa shape index (κ1) is 19.0. The van der Waals surface area contributed by atoms with E-state index in [1.807, 2.05) is 25.1 Å². The normalized spacial score (nSPS) is 14.7.